The van der Waals surface area contributed by atoms with Crippen molar-refractivity contribution in [1.29, 1.82) is 0 Å². The molecule has 0 aromatic carbocycles. The van der Waals surface area contributed by atoms with E-state index >= 15 is 0 Å². The van der Waals surface area contributed by atoms with Crippen molar-refractivity contribution in [3.8, 4) is 0 Å². The summed E-state index contributed by atoms with van der Waals surface area (Å²) in [7, 11) is 0. The molecular weight excluding hydrogens is 215 g/mol. The molecule has 2 nitrogen and oxygen atoms in total. The molecule has 1 N–H and O–H groups in total. The first-order valence-corrected chi connectivity index (χ1v) is 6.50. The van der Waals surface area contributed by atoms with Gasteiger partial charge in [-0.15, -0.1) is 0 Å². The topological polar surface area (TPSA) is 24.9 Å². The zero-order valence-electron chi connectivity index (χ0n) is 10.9. The van der Waals surface area contributed by atoms with Crippen molar-refractivity contribution < 1.29 is 4.39 Å². The molecule has 1 aromatic heterocycles. The smallest absolute Gasteiger partial charge is 0.217 e. The normalized spacial score (nSPS) is 11.1. The van der Waals surface area contributed by atoms with Gasteiger partial charge >= 0.3 is 0 Å². The molecule has 0 spiro atoms. The molecule has 1 heterocycles. The Labute approximate surface area is 104 Å². The van der Waals surface area contributed by atoms with E-state index in [1.165, 1.54) is 25.5 Å². The van der Waals surface area contributed by atoms with E-state index in [9.17, 15) is 4.39 Å². The zero-order valence-corrected chi connectivity index (χ0v) is 10.9. The predicted molar refractivity (Wildman–Crippen MR) is 69.2 cm³/mol. The largest absolute Gasteiger partial charge is 0.313 e. The number of unbranched alkanes of at least 4 members (excludes halogenated alkanes) is 2. The Bertz CT molecular complexity index is 313. The first-order valence-electron chi connectivity index (χ1n) is 6.50. The minimum atomic E-state index is -0.361. The van der Waals surface area contributed by atoms with Crippen LogP contribution in [0.1, 0.15) is 45.1 Å². The Hall–Kier alpha value is -0.960. The van der Waals surface area contributed by atoms with Gasteiger partial charge in [-0.05, 0) is 24.9 Å². The number of nitrogens with one attached hydrogen (secondary N) is 1. The predicted octanol–water partition coefficient (Wildman–Crippen LogP) is 3.53. The Kier molecular flexibility index (Phi) is 6.78. The van der Waals surface area contributed by atoms with Crippen molar-refractivity contribution in [2.45, 2.75) is 46.1 Å². The van der Waals surface area contributed by atoms with Crippen LogP contribution in [0.25, 0.3) is 0 Å². The number of aromatic nitrogens is 1. The van der Waals surface area contributed by atoms with E-state index in [1.54, 1.807) is 12.1 Å². The molecule has 0 saturated carbocycles. The first kappa shape index (κ1) is 14.1. The fourth-order valence-electron chi connectivity index (χ4n) is 1.75. The van der Waals surface area contributed by atoms with Gasteiger partial charge in [0, 0.05) is 18.3 Å². The molecule has 3 heteroatoms. The van der Waals surface area contributed by atoms with Crippen molar-refractivity contribution in [2.24, 2.45) is 5.92 Å². The number of nitrogens with zero attached hydrogens (tertiary/aromatic N) is 1. The summed E-state index contributed by atoms with van der Waals surface area (Å²) in [6.07, 6.45) is 6.48. The maximum absolute atomic E-state index is 13.2. The lowest BCUT2D eigenvalue weighted by Gasteiger charge is -2.06. The van der Waals surface area contributed by atoms with Gasteiger partial charge in [0.1, 0.15) is 0 Å². The standard InChI is InChI=1S/C14H23FN2/c1-12(2)7-4-3-5-9-16-11-13-8-6-10-17-14(13)15/h6,8,10,12,16H,3-5,7,9,11H2,1-2H3. The van der Waals surface area contributed by atoms with Gasteiger partial charge in [-0.25, -0.2) is 4.98 Å². The Balaban J connectivity index is 2.03. The summed E-state index contributed by atoms with van der Waals surface area (Å²) in [5.74, 6) is 0.437. The SMILES string of the molecule is CC(C)CCCCCNCc1cccnc1F. The number of hydrogen-bond acceptors (Lipinski definition) is 2. The summed E-state index contributed by atoms with van der Waals surface area (Å²) < 4.78 is 13.2. The van der Waals surface area contributed by atoms with Crippen molar-refractivity contribution >= 4 is 0 Å². The van der Waals surface area contributed by atoms with Gasteiger partial charge in [-0.2, -0.15) is 4.39 Å². The highest BCUT2D eigenvalue weighted by atomic mass is 19.1. The van der Waals surface area contributed by atoms with Crippen LogP contribution < -0.4 is 5.32 Å². The van der Waals surface area contributed by atoms with Crippen LogP contribution in [0.5, 0.6) is 0 Å². The van der Waals surface area contributed by atoms with E-state index in [-0.39, 0.29) is 5.95 Å². The molecule has 0 aliphatic rings. The summed E-state index contributed by atoms with van der Waals surface area (Å²) >= 11 is 0. The summed E-state index contributed by atoms with van der Waals surface area (Å²) in [6.45, 7) is 6.03. The van der Waals surface area contributed by atoms with E-state index in [1.807, 2.05) is 0 Å². The van der Waals surface area contributed by atoms with Crippen molar-refractivity contribution in [2.75, 3.05) is 6.54 Å². The molecule has 0 aliphatic carbocycles. The molecule has 0 bridgehead atoms. The highest BCUT2D eigenvalue weighted by Gasteiger charge is 2.00. The average Bonchev–Trinajstić information content (AvgIpc) is 2.30. The minimum Gasteiger partial charge on any atom is -0.313 e. The fourth-order valence-corrected chi connectivity index (χ4v) is 1.75. The van der Waals surface area contributed by atoms with Crippen molar-refractivity contribution in [3.05, 3.63) is 29.8 Å². The average molecular weight is 238 g/mol. The van der Waals surface area contributed by atoms with Gasteiger partial charge in [0.15, 0.2) is 0 Å². The third-order valence-electron chi connectivity index (χ3n) is 2.79. The van der Waals surface area contributed by atoms with Gasteiger partial charge in [-0.1, -0.05) is 39.2 Å². The lowest BCUT2D eigenvalue weighted by Crippen LogP contribution is -2.15. The number of rotatable bonds is 8. The molecule has 0 radical (unpaired) electrons. The van der Waals surface area contributed by atoms with Gasteiger partial charge in [-0.3, -0.25) is 0 Å². The summed E-state index contributed by atoms with van der Waals surface area (Å²) in [5, 5.41) is 3.25. The van der Waals surface area contributed by atoms with Gasteiger partial charge in [0.25, 0.3) is 0 Å². The summed E-state index contributed by atoms with van der Waals surface area (Å²) in [5.41, 5.74) is 0.648. The van der Waals surface area contributed by atoms with Crippen LogP contribution >= 0.6 is 0 Å². The van der Waals surface area contributed by atoms with Crippen LogP contribution in [0.4, 0.5) is 4.39 Å². The van der Waals surface area contributed by atoms with E-state index < -0.39 is 0 Å². The quantitative estimate of drug-likeness (QED) is 0.553. The van der Waals surface area contributed by atoms with E-state index in [2.05, 4.69) is 24.1 Å². The highest BCUT2D eigenvalue weighted by molar-refractivity contribution is 5.10. The fraction of sp³-hybridized carbons (Fsp3) is 0.643. The number of halogens is 1. The third-order valence-corrected chi connectivity index (χ3v) is 2.79. The Morgan fingerprint density at radius 3 is 2.82 bits per heavy atom. The van der Waals surface area contributed by atoms with Gasteiger partial charge < -0.3 is 5.32 Å². The Morgan fingerprint density at radius 2 is 2.12 bits per heavy atom. The lowest BCUT2D eigenvalue weighted by molar-refractivity contribution is 0.509. The van der Waals surface area contributed by atoms with Crippen LogP contribution in [0.2, 0.25) is 0 Å². The van der Waals surface area contributed by atoms with Crippen LogP contribution in [0.3, 0.4) is 0 Å². The molecule has 0 saturated heterocycles. The molecule has 0 fully saturated rings. The minimum absolute atomic E-state index is 0.361. The van der Waals surface area contributed by atoms with E-state index in [4.69, 9.17) is 0 Å². The molecule has 0 aliphatic heterocycles. The second-order valence-electron chi connectivity index (χ2n) is 4.87. The van der Waals surface area contributed by atoms with Crippen molar-refractivity contribution in [1.82, 2.24) is 10.3 Å². The van der Waals surface area contributed by atoms with E-state index in [0.29, 0.717) is 12.1 Å². The molecule has 1 aromatic rings. The molecule has 0 atom stereocenters. The van der Waals surface area contributed by atoms with Gasteiger partial charge in [0.05, 0.1) is 0 Å². The second-order valence-corrected chi connectivity index (χ2v) is 4.87. The number of pyridine rings is 1. The van der Waals surface area contributed by atoms with Crippen LogP contribution in [0.15, 0.2) is 18.3 Å². The Morgan fingerprint density at radius 1 is 1.29 bits per heavy atom. The maximum atomic E-state index is 13.2. The molecule has 96 valence electrons. The maximum Gasteiger partial charge on any atom is 0.217 e. The van der Waals surface area contributed by atoms with E-state index in [0.717, 1.165) is 18.9 Å². The molecule has 1 rings (SSSR count). The van der Waals surface area contributed by atoms with Crippen LogP contribution in [-0.2, 0) is 6.54 Å². The van der Waals surface area contributed by atoms with Crippen LogP contribution in [0, 0.1) is 11.9 Å². The number of hydrogen-bond donors (Lipinski definition) is 1. The monoisotopic (exact) mass is 238 g/mol. The molecule has 0 unspecified atom stereocenters. The lowest BCUT2D eigenvalue weighted by atomic mass is 10.1. The molecular formula is C14H23FN2. The molecule has 0 amide bonds. The summed E-state index contributed by atoms with van der Waals surface area (Å²) in [6, 6.07) is 3.54. The third kappa shape index (κ3) is 6.37. The second kappa shape index (κ2) is 8.18. The summed E-state index contributed by atoms with van der Waals surface area (Å²) in [4.78, 5) is 3.62. The highest BCUT2D eigenvalue weighted by Crippen LogP contribution is 2.07. The molecule has 17 heavy (non-hydrogen) atoms. The van der Waals surface area contributed by atoms with Crippen molar-refractivity contribution in [3.63, 3.8) is 0 Å². The van der Waals surface area contributed by atoms with Crippen LogP contribution in [-0.4, -0.2) is 11.5 Å². The first-order chi connectivity index (χ1) is 8.20. The van der Waals surface area contributed by atoms with Gasteiger partial charge in [0.2, 0.25) is 5.95 Å². The zero-order chi connectivity index (χ0) is 12.5.